The molecule has 0 radical (unpaired) electrons. The summed E-state index contributed by atoms with van der Waals surface area (Å²) in [6, 6.07) is 10.6. The topological polar surface area (TPSA) is 30.5 Å². The molecule has 23 heavy (non-hydrogen) atoms. The van der Waals surface area contributed by atoms with Gasteiger partial charge in [-0.1, -0.05) is 18.2 Å². The van der Waals surface area contributed by atoms with Gasteiger partial charge < -0.3 is 14.8 Å². The van der Waals surface area contributed by atoms with Gasteiger partial charge in [-0.05, 0) is 23.8 Å². The summed E-state index contributed by atoms with van der Waals surface area (Å²) in [4.78, 5) is 0. The molecule has 0 aliphatic carbocycles. The predicted octanol–water partition coefficient (Wildman–Crippen LogP) is 4.01. The molecule has 0 saturated carbocycles. The van der Waals surface area contributed by atoms with Crippen molar-refractivity contribution >= 4 is 0 Å². The lowest BCUT2D eigenvalue weighted by atomic mass is 10.1. The minimum absolute atomic E-state index is 0.466. The Morgan fingerprint density at radius 3 is 2.17 bits per heavy atom. The fraction of sp³-hybridized carbons (Fsp3) is 0.294. The Hall–Kier alpha value is -2.21. The van der Waals surface area contributed by atoms with Crippen molar-refractivity contribution in [2.75, 3.05) is 14.2 Å². The van der Waals surface area contributed by atoms with Crippen LogP contribution < -0.4 is 14.8 Å². The smallest absolute Gasteiger partial charge is 0.416 e. The van der Waals surface area contributed by atoms with Gasteiger partial charge >= 0.3 is 6.18 Å². The maximum Gasteiger partial charge on any atom is 0.416 e. The number of rotatable bonds is 6. The summed E-state index contributed by atoms with van der Waals surface area (Å²) >= 11 is 0. The van der Waals surface area contributed by atoms with Crippen LogP contribution in [-0.2, 0) is 19.3 Å². The van der Waals surface area contributed by atoms with Crippen LogP contribution in [0.15, 0.2) is 42.5 Å². The molecule has 2 aromatic rings. The molecule has 2 aromatic carbocycles. The standard InChI is InChI=1S/C17H18F3NO2/c1-22-15-8-5-13(16(9-15)23-2)11-21-10-12-3-6-14(7-4-12)17(18,19)20/h3-9,21H,10-11H2,1-2H3. The van der Waals surface area contributed by atoms with Crippen LogP contribution in [-0.4, -0.2) is 14.2 Å². The number of methoxy groups -OCH3 is 2. The predicted molar refractivity (Wildman–Crippen MR) is 81.5 cm³/mol. The van der Waals surface area contributed by atoms with E-state index in [2.05, 4.69) is 5.32 Å². The molecule has 0 heterocycles. The second kappa shape index (κ2) is 7.37. The number of nitrogens with one attached hydrogen (secondary N) is 1. The van der Waals surface area contributed by atoms with Gasteiger partial charge in [0.1, 0.15) is 11.5 Å². The largest absolute Gasteiger partial charge is 0.497 e. The van der Waals surface area contributed by atoms with E-state index in [0.29, 0.717) is 24.6 Å². The third kappa shape index (κ3) is 4.63. The lowest BCUT2D eigenvalue weighted by Gasteiger charge is -2.12. The van der Waals surface area contributed by atoms with Crippen LogP contribution in [0.1, 0.15) is 16.7 Å². The van der Waals surface area contributed by atoms with E-state index in [4.69, 9.17) is 9.47 Å². The summed E-state index contributed by atoms with van der Waals surface area (Å²) < 4.78 is 47.9. The molecule has 1 N–H and O–H groups in total. The van der Waals surface area contributed by atoms with Crippen LogP contribution >= 0.6 is 0 Å². The Morgan fingerprint density at radius 2 is 1.61 bits per heavy atom. The van der Waals surface area contributed by atoms with Gasteiger partial charge in [-0.15, -0.1) is 0 Å². The van der Waals surface area contributed by atoms with Crippen LogP contribution in [0.5, 0.6) is 11.5 Å². The van der Waals surface area contributed by atoms with Crippen molar-refractivity contribution in [3.8, 4) is 11.5 Å². The molecule has 0 atom stereocenters. The van der Waals surface area contributed by atoms with E-state index in [0.717, 1.165) is 23.3 Å². The molecule has 0 unspecified atom stereocenters. The quantitative estimate of drug-likeness (QED) is 0.870. The summed E-state index contributed by atoms with van der Waals surface area (Å²) in [5.74, 6) is 1.40. The van der Waals surface area contributed by atoms with Crippen molar-refractivity contribution in [1.82, 2.24) is 5.32 Å². The minimum Gasteiger partial charge on any atom is -0.497 e. The lowest BCUT2D eigenvalue weighted by molar-refractivity contribution is -0.137. The number of alkyl halides is 3. The Labute approximate surface area is 133 Å². The van der Waals surface area contributed by atoms with Gasteiger partial charge in [-0.3, -0.25) is 0 Å². The maximum absolute atomic E-state index is 12.5. The summed E-state index contributed by atoms with van der Waals surface area (Å²) in [5, 5.41) is 3.19. The van der Waals surface area contributed by atoms with E-state index < -0.39 is 11.7 Å². The van der Waals surface area contributed by atoms with Crippen molar-refractivity contribution in [2.24, 2.45) is 0 Å². The van der Waals surface area contributed by atoms with Crippen LogP contribution in [0, 0.1) is 0 Å². The lowest BCUT2D eigenvalue weighted by Crippen LogP contribution is -2.14. The second-order valence-electron chi connectivity index (χ2n) is 4.98. The third-order valence-corrected chi connectivity index (χ3v) is 3.42. The molecule has 3 nitrogen and oxygen atoms in total. The van der Waals surface area contributed by atoms with Crippen LogP contribution in [0.25, 0.3) is 0 Å². The minimum atomic E-state index is -4.30. The number of ether oxygens (including phenoxy) is 2. The van der Waals surface area contributed by atoms with Crippen molar-refractivity contribution in [3.63, 3.8) is 0 Å². The van der Waals surface area contributed by atoms with Crippen molar-refractivity contribution in [3.05, 3.63) is 59.2 Å². The van der Waals surface area contributed by atoms with Gasteiger partial charge in [0.25, 0.3) is 0 Å². The van der Waals surface area contributed by atoms with Gasteiger partial charge in [0.2, 0.25) is 0 Å². The molecule has 0 aliphatic heterocycles. The molecular weight excluding hydrogens is 307 g/mol. The molecule has 0 bridgehead atoms. The van der Waals surface area contributed by atoms with E-state index >= 15 is 0 Å². The van der Waals surface area contributed by atoms with Crippen LogP contribution in [0.2, 0.25) is 0 Å². The monoisotopic (exact) mass is 325 g/mol. The first kappa shape index (κ1) is 17.1. The Morgan fingerprint density at radius 1 is 0.913 bits per heavy atom. The molecule has 124 valence electrons. The summed E-state index contributed by atoms with van der Waals surface area (Å²) in [5.41, 5.74) is 1.09. The average Bonchev–Trinajstić information content (AvgIpc) is 2.54. The Kier molecular flexibility index (Phi) is 5.50. The molecule has 0 amide bonds. The van der Waals surface area contributed by atoms with Crippen molar-refractivity contribution in [2.45, 2.75) is 19.3 Å². The highest BCUT2D eigenvalue weighted by molar-refractivity contribution is 5.40. The van der Waals surface area contributed by atoms with Crippen molar-refractivity contribution in [1.29, 1.82) is 0 Å². The summed E-state index contributed by atoms with van der Waals surface area (Å²) in [7, 11) is 3.16. The Bertz CT molecular complexity index is 639. The van der Waals surface area contributed by atoms with E-state index in [1.165, 1.54) is 12.1 Å². The number of benzene rings is 2. The van der Waals surface area contributed by atoms with E-state index in [1.54, 1.807) is 20.3 Å². The summed E-state index contributed by atoms with van der Waals surface area (Å²) in [6.45, 7) is 1.00. The number of hydrogen-bond donors (Lipinski definition) is 1. The first-order valence-electron chi connectivity index (χ1n) is 7.02. The average molecular weight is 325 g/mol. The molecular formula is C17H18F3NO2. The summed E-state index contributed by atoms with van der Waals surface area (Å²) in [6.07, 6.45) is -4.30. The van der Waals surface area contributed by atoms with Crippen LogP contribution in [0.3, 0.4) is 0 Å². The van der Waals surface area contributed by atoms with Gasteiger partial charge in [0.05, 0.1) is 19.8 Å². The Balaban J connectivity index is 1.95. The van der Waals surface area contributed by atoms with E-state index in [9.17, 15) is 13.2 Å². The van der Waals surface area contributed by atoms with Crippen molar-refractivity contribution < 1.29 is 22.6 Å². The highest BCUT2D eigenvalue weighted by Gasteiger charge is 2.29. The van der Waals surface area contributed by atoms with Gasteiger partial charge in [-0.25, -0.2) is 0 Å². The number of hydrogen-bond acceptors (Lipinski definition) is 3. The fourth-order valence-electron chi connectivity index (χ4n) is 2.15. The normalized spacial score (nSPS) is 11.3. The van der Waals surface area contributed by atoms with Gasteiger partial charge in [0, 0.05) is 24.7 Å². The zero-order valence-electron chi connectivity index (χ0n) is 12.9. The third-order valence-electron chi connectivity index (χ3n) is 3.42. The van der Waals surface area contributed by atoms with E-state index in [1.807, 2.05) is 12.1 Å². The molecule has 6 heteroatoms. The van der Waals surface area contributed by atoms with Crippen LogP contribution in [0.4, 0.5) is 13.2 Å². The second-order valence-corrected chi connectivity index (χ2v) is 4.98. The molecule has 0 saturated heterocycles. The molecule has 0 fully saturated rings. The molecule has 2 rings (SSSR count). The molecule has 0 aromatic heterocycles. The molecule has 0 spiro atoms. The highest BCUT2D eigenvalue weighted by atomic mass is 19.4. The maximum atomic E-state index is 12.5. The highest BCUT2D eigenvalue weighted by Crippen LogP contribution is 2.29. The SMILES string of the molecule is COc1ccc(CNCc2ccc(C(F)(F)F)cc2)c(OC)c1. The first-order chi connectivity index (χ1) is 10.9. The number of halogens is 3. The first-order valence-corrected chi connectivity index (χ1v) is 7.02. The zero-order valence-corrected chi connectivity index (χ0v) is 12.9. The zero-order chi connectivity index (χ0) is 16.9. The van der Waals surface area contributed by atoms with Gasteiger partial charge in [-0.2, -0.15) is 13.2 Å². The van der Waals surface area contributed by atoms with Gasteiger partial charge in [0.15, 0.2) is 0 Å². The molecule has 0 aliphatic rings. The van der Waals surface area contributed by atoms with E-state index in [-0.39, 0.29) is 0 Å². The fourth-order valence-corrected chi connectivity index (χ4v) is 2.15.